The molecule has 0 fully saturated rings. The lowest BCUT2D eigenvalue weighted by molar-refractivity contribution is 1.26. The van der Waals surface area contributed by atoms with Gasteiger partial charge in [-0.25, -0.2) is 0 Å². The van der Waals surface area contributed by atoms with Crippen LogP contribution in [0.1, 0.15) is 34.6 Å². The van der Waals surface area contributed by atoms with Crippen molar-refractivity contribution < 1.29 is 0 Å². The Morgan fingerprint density at radius 3 is 1.00 bits per heavy atom. The number of allylic oxidation sites excluding steroid dienone is 1. The molecule has 0 radical (unpaired) electrons. The molecule has 0 atom stereocenters. The van der Waals surface area contributed by atoms with E-state index in [1.807, 2.05) is 34.6 Å². The molecule has 0 unspecified atom stereocenters. The second-order valence-electron chi connectivity index (χ2n) is 0.408. The zero-order valence-corrected chi connectivity index (χ0v) is 7.44. The highest BCUT2D eigenvalue weighted by molar-refractivity contribution is 4.51. The summed E-state index contributed by atoms with van der Waals surface area (Å²) in [6, 6.07) is 0. The van der Waals surface area contributed by atoms with Crippen molar-refractivity contribution in [2.45, 2.75) is 34.6 Å². The van der Waals surface area contributed by atoms with Crippen LogP contribution in [0.3, 0.4) is 0 Å². The van der Waals surface area contributed by atoms with Gasteiger partial charge < -0.3 is 0 Å². The Balaban J connectivity index is -0.0000000190. The zero-order chi connectivity index (χ0) is 8.71. The molecule has 0 amide bonds. The van der Waals surface area contributed by atoms with Gasteiger partial charge in [-0.1, -0.05) is 33.8 Å². The number of nitrogens with two attached hydrogens (primary N) is 2. The SMILES string of the molecule is C=CC.CC.CC.NN. The van der Waals surface area contributed by atoms with Crippen LogP contribution in [-0.4, -0.2) is 0 Å². The molecule has 2 heteroatoms. The van der Waals surface area contributed by atoms with Gasteiger partial charge in [-0.3, -0.25) is 11.7 Å². The largest absolute Gasteiger partial charge is 0.274 e. The predicted octanol–water partition coefficient (Wildman–Crippen LogP) is 2.06. The van der Waals surface area contributed by atoms with E-state index >= 15 is 0 Å². The highest BCUT2D eigenvalue weighted by Gasteiger charge is 1.15. The molecule has 60 valence electrons. The fourth-order valence-corrected chi connectivity index (χ4v) is 0. The van der Waals surface area contributed by atoms with E-state index in [1.165, 1.54) is 0 Å². The lowest BCUT2D eigenvalue weighted by Crippen LogP contribution is -2.02. The van der Waals surface area contributed by atoms with Gasteiger partial charge in [-0.2, -0.15) is 0 Å². The lowest BCUT2D eigenvalue weighted by Gasteiger charge is -1.31. The van der Waals surface area contributed by atoms with Crippen LogP contribution in [0.4, 0.5) is 0 Å². The van der Waals surface area contributed by atoms with E-state index in [0.29, 0.717) is 0 Å². The fourth-order valence-electron chi connectivity index (χ4n) is 0. The van der Waals surface area contributed by atoms with Crippen molar-refractivity contribution in [1.82, 2.24) is 0 Å². The van der Waals surface area contributed by atoms with Gasteiger partial charge in [0, 0.05) is 0 Å². The summed E-state index contributed by atoms with van der Waals surface area (Å²) in [7, 11) is 0. The summed E-state index contributed by atoms with van der Waals surface area (Å²) < 4.78 is 0. The third kappa shape index (κ3) is 2120. The van der Waals surface area contributed by atoms with Crippen LogP contribution >= 0.6 is 0 Å². The molecule has 0 aromatic carbocycles. The first-order valence-corrected chi connectivity index (χ1v) is 3.32. The van der Waals surface area contributed by atoms with Crippen LogP contribution in [0, 0.1) is 0 Å². The van der Waals surface area contributed by atoms with Crippen molar-refractivity contribution in [1.29, 1.82) is 0 Å². The zero-order valence-electron chi connectivity index (χ0n) is 7.44. The summed E-state index contributed by atoms with van der Waals surface area (Å²) in [4.78, 5) is 0. The monoisotopic (exact) mass is 134 g/mol. The van der Waals surface area contributed by atoms with Crippen molar-refractivity contribution >= 4 is 0 Å². The molecular formula is C7H22N2. The fraction of sp³-hybridized carbons (Fsp3) is 0.714. The van der Waals surface area contributed by atoms with Gasteiger partial charge in [0.1, 0.15) is 0 Å². The Labute approximate surface area is 59.9 Å². The van der Waals surface area contributed by atoms with Crippen LogP contribution in [0.15, 0.2) is 12.7 Å². The van der Waals surface area contributed by atoms with E-state index in [0.717, 1.165) is 0 Å². The summed E-state index contributed by atoms with van der Waals surface area (Å²) in [6.45, 7) is 13.2. The first kappa shape index (κ1) is 23.4. The molecule has 0 aliphatic rings. The van der Waals surface area contributed by atoms with E-state index in [4.69, 9.17) is 0 Å². The van der Waals surface area contributed by atoms with Crippen LogP contribution < -0.4 is 11.7 Å². The van der Waals surface area contributed by atoms with Gasteiger partial charge in [0.2, 0.25) is 0 Å². The minimum Gasteiger partial charge on any atom is -0.274 e. The summed E-state index contributed by atoms with van der Waals surface area (Å²) >= 11 is 0. The normalized spacial score (nSPS) is 3.44. The van der Waals surface area contributed by atoms with Gasteiger partial charge in [-0.15, -0.1) is 6.58 Å². The predicted molar refractivity (Wildman–Crippen MR) is 46.9 cm³/mol. The average Bonchev–Trinajstić information content (AvgIpc) is 2.01. The van der Waals surface area contributed by atoms with E-state index < -0.39 is 0 Å². The Morgan fingerprint density at radius 1 is 1.00 bits per heavy atom. The second kappa shape index (κ2) is 780. The minimum atomic E-state index is 1.75. The highest BCUT2D eigenvalue weighted by Crippen LogP contribution is 1.38. The second-order valence-corrected chi connectivity index (χ2v) is 0.408. The highest BCUT2D eigenvalue weighted by atomic mass is 15.0. The minimum absolute atomic E-state index is 1.75. The quantitative estimate of drug-likeness (QED) is 0.303. The Kier molecular flexibility index (Phi) is 2030. The molecule has 0 aromatic rings. The first-order valence-electron chi connectivity index (χ1n) is 3.32. The van der Waals surface area contributed by atoms with Crippen LogP contribution in [-0.2, 0) is 0 Å². The van der Waals surface area contributed by atoms with E-state index in [9.17, 15) is 0 Å². The summed E-state index contributed by atoms with van der Waals surface area (Å²) in [6.07, 6.45) is 1.75. The third-order valence-corrected chi connectivity index (χ3v) is 0. The van der Waals surface area contributed by atoms with E-state index in [-0.39, 0.29) is 0 Å². The summed E-state index contributed by atoms with van der Waals surface area (Å²) in [5.74, 6) is 8.00. The standard InChI is InChI=1S/C3H6.2C2H6.H4N2/c1-3-2;3*1-2/h3H,1H2,2H3;2*1-2H3;1-2H2. The molecule has 0 aliphatic heterocycles. The molecule has 0 spiro atoms. The number of hydrogen-bond donors (Lipinski definition) is 2. The molecule has 2 nitrogen and oxygen atoms in total. The smallest absolute Gasteiger partial charge is 0.0473 e. The molecule has 0 heterocycles. The topological polar surface area (TPSA) is 52.0 Å². The van der Waals surface area contributed by atoms with Crippen LogP contribution in [0.5, 0.6) is 0 Å². The average molecular weight is 134 g/mol. The number of hydrogen-bond acceptors (Lipinski definition) is 2. The molecule has 9 heavy (non-hydrogen) atoms. The third-order valence-electron chi connectivity index (χ3n) is 0. The maximum Gasteiger partial charge on any atom is -0.0473 e. The Bertz CT molecular complexity index is 14.4. The molecule has 0 aliphatic carbocycles. The molecule has 0 saturated carbocycles. The summed E-state index contributed by atoms with van der Waals surface area (Å²) in [5.41, 5.74) is 0. The molecule has 4 N–H and O–H groups in total. The van der Waals surface area contributed by atoms with Crippen LogP contribution in [0.25, 0.3) is 0 Å². The van der Waals surface area contributed by atoms with Crippen molar-refractivity contribution in [2.75, 3.05) is 0 Å². The molecule has 0 bridgehead atoms. The Hall–Kier alpha value is -0.340. The molecule has 0 saturated heterocycles. The number of rotatable bonds is 0. The van der Waals surface area contributed by atoms with Gasteiger partial charge in [0.25, 0.3) is 0 Å². The van der Waals surface area contributed by atoms with Crippen LogP contribution in [0.2, 0.25) is 0 Å². The van der Waals surface area contributed by atoms with Gasteiger partial charge in [0.05, 0.1) is 0 Å². The van der Waals surface area contributed by atoms with Gasteiger partial charge in [0.15, 0.2) is 0 Å². The number of hydrazine groups is 1. The van der Waals surface area contributed by atoms with E-state index in [2.05, 4.69) is 18.3 Å². The van der Waals surface area contributed by atoms with Crippen molar-refractivity contribution in [2.24, 2.45) is 11.7 Å². The maximum absolute atomic E-state index is 4.00. The van der Waals surface area contributed by atoms with Crippen molar-refractivity contribution in [3.63, 3.8) is 0 Å². The lowest BCUT2D eigenvalue weighted by atomic mass is 10.8. The van der Waals surface area contributed by atoms with Crippen molar-refractivity contribution in [3.05, 3.63) is 12.7 Å². The molecule has 0 aromatic heterocycles. The summed E-state index contributed by atoms with van der Waals surface area (Å²) in [5, 5.41) is 0. The van der Waals surface area contributed by atoms with Crippen molar-refractivity contribution in [3.8, 4) is 0 Å². The Morgan fingerprint density at radius 2 is 1.00 bits per heavy atom. The molecular weight excluding hydrogens is 112 g/mol. The van der Waals surface area contributed by atoms with Gasteiger partial charge >= 0.3 is 0 Å². The maximum atomic E-state index is 4.00. The first-order chi connectivity index (χ1) is 4.41. The van der Waals surface area contributed by atoms with Gasteiger partial charge in [-0.05, 0) is 6.92 Å². The molecule has 0 rings (SSSR count). The van der Waals surface area contributed by atoms with E-state index in [1.54, 1.807) is 6.08 Å².